The Morgan fingerprint density at radius 1 is 1.10 bits per heavy atom. The molecule has 1 saturated heterocycles. The molecule has 1 heterocycles. The molecule has 2 aromatic carbocycles. The van der Waals surface area contributed by atoms with Gasteiger partial charge >= 0.3 is 0 Å². The number of benzene rings is 2. The SMILES string of the molecule is CC(=O)Nc1cccc(C(=O)N(CC(=O)N2CCNCC2)Cc2ccc(F)cc2)c1. The summed E-state index contributed by atoms with van der Waals surface area (Å²) in [6.07, 6.45) is 0. The van der Waals surface area contributed by atoms with Crippen LogP contribution in [0.3, 0.4) is 0 Å². The molecular weight excluding hydrogens is 387 g/mol. The second kappa shape index (κ2) is 9.98. The molecule has 7 nitrogen and oxygen atoms in total. The van der Waals surface area contributed by atoms with Gasteiger partial charge in [0.15, 0.2) is 0 Å². The summed E-state index contributed by atoms with van der Waals surface area (Å²) in [4.78, 5) is 40.5. The van der Waals surface area contributed by atoms with E-state index in [1.807, 2.05) is 0 Å². The number of hydrogen-bond donors (Lipinski definition) is 2. The molecule has 1 aliphatic rings. The third-order valence-corrected chi connectivity index (χ3v) is 4.80. The largest absolute Gasteiger partial charge is 0.339 e. The molecule has 1 aliphatic heterocycles. The molecule has 3 rings (SSSR count). The second-order valence-electron chi connectivity index (χ2n) is 7.18. The molecule has 0 atom stereocenters. The van der Waals surface area contributed by atoms with Gasteiger partial charge in [0.2, 0.25) is 11.8 Å². The van der Waals surface area contributed by atoms with Gasteiger partial charge in [-0.1, -0.05) is 18.2 Å². The highest BCUT2D eigenvalue weighted by Crippen LogP contribution is 2.16. The van der Waals surface area contributed by atoms with Gasteiger partial charge in [0.25, 0.3) is 5.91 Å². The van der Waals surface area contributed by atoms with Crippen molar-refractivity contribution in [3.05, 3.63) is 65.5 Å². The predicted molar refractivity (Wildman–Crippen MR) is 111 cm³/mol. The van der Waals surface area contributed by atoms with Crippen molar-refractivity contribution < 1.29 is 18.8 Å². The summed E-state index contributed by atoms with van der Waals surface area (Å²) < 4.78 is 13.3. The number of anilines is 1. The monoisotopic (exact) mass is 412 g/mol. The number of carbonyl (C=O) groups excluding carboxylic acids is 3. The van der Waals surface area contributed by atoms with E-state index in [9.17, 15) is 18.8 Å². The maximum Gasteiger partial charge on any atom is 0.254 e. The lowest BCUT2D eigenvalue weighted by molar-refractivity contribution is -0.132. The first-order valence-corrected chi connectivity index (χ1v) is 9.82. The molecule has 0 unspecified atom stereocenters. The number of halogens is 1. The van der Waals surface area contributed by atoms with Crippen LogP contribution in [0, 0.1) is 5.82 Å². The maximum atomic E-state index is 13.3. The van der Waals surface area contributed by atoms with Gasteiger partial charge in [0, 0.05) is 50.9 Å². The summed E-state index contributed by atoms with van der Waals surface area (Å²) in [7, 11) is 0. The van der Waals surface area contributed by atoms with Gasteiger partial charge in [0.1, 0.15) is 12.4 Å². The molecule has 0 spiro atoms. The minimum Gasteiger partial charge on any atom is -0.339 e. The Kier molecular flexibility index (Phi) is 7.13. The van der Waals surface area contributed by atoms with Crippen LogP contribution < -0.4 is 10.6 Å². The van der Waals surface area contributed by atoms with E-state index in [4.69, 9.17) is 0 Å². The van der Waals surface area contributed by atoms with Crippen molar-refractivity contribution >= 4 is 23.4 Å². The molecule has 0 radical (unpaired) electrons. The average molecular weight is 412 g/mol. The molecule has 0 bridgehead atoms. The van der Waals surface area contributed by atoms with Gasteiger partial charge < -0.3 is 20.4 Å². The summed E-state index contributed by atoms with van der Waals surface area (Å²) in [5, 5.41) is 5.85. The lowest BCUT2D eigenvalue weighted by Crippen LogP contribution is -2.50. The maximum absolute atomic E-state index is 13.3. The fraction of sp³-hybridized carbons (Fsp3) is 0.318. The average Bonchev–Trinajstić information content (AvgIpc) is 2.74. The van der Waals surface area contributed by atoms with Crippen LogP contribution in [0.2, 0.25) is 0 Å². The van der Waals surface area contributed by atoms with Gasteiger partial charge in [-0.05, 0) is 35.9 Å². The number of carbonyl (C=O) groups is 3. The molecular formula is C22H25FN4O3. The summed E-state index contributed by atoms with van der Waals surface area (Å²) in [6.45, 7) is 4.10. The van der Waals surface area contributed by atoms with Crippen LogP contribution in [-0.2, 0) is 16.1 Å². The molecule has 0 saturated carbocycles. The first-order valence-electron chi connectivity index (χ1n) is 9.82. The summed E-state index contributed by atoms with van der Waals surface area (Å²) >= 11 is 0. The predicted octanol–water partition coefficient (Wildman–Crippen LogP) is 1.86. The van der Waals surface area contributed by atoms with Gasteiger partial charge in [-0.2, -0.15) is 0 Å². The highest BCUT2D eigenvalue weighted by molar-refractivity contribution is 5.98. The van der Waals surface area contributed by atoms with Crippen LogP contribution in [0.1, 0.15) is 22.8 Å². The van der Waals surface area contributed by atoms with Crippen LogP contribution in [0.5, 0.6) is 0 Å². The Hall–Kier alpha value is -3.26. The quantitative estimate of drug-likeness (QED) is 0.759. The second-order valence-corrected chi connectivity index (χ2v) is 7.18. The first kappa shape index (κ1) is 21.4. The Morgan fingerprint density at radius 2 is 1.80 bits per heavy atom. The standard InChI is InChI=1S/C22H25FN4O3/c1-16(28)25-20-4-2-3-18(13-20)22(30)27(14-17-5-7-19(23)8-6-17)15-21(29)26-11-9-24-10-12-26/h2-8,13,24H,9-12,14-15H2,1H3,(H,25,28). The van der Waals surface area contributed by atoms with E-state index in [-0.39, 0.29) is 36.6 Å². The fourth-order valence-electron chi connectivity index (χ4n) is 3.30. The normalized spacial score (nSPS) is 13.6. The minimum absolute atomic E-state index is 0.0828. The Bertz CT molecular complexity index is 911. The van der Waals surface area contributed by atoms with Crippen LogP contribution in [0.25, 0.3) is 0 Å². The van der Waals surface area contributed by atoms with Gasteiger partial charge in [0.05, 0.1) is 0 Å². The van der Waals surface area contributed by atoms with E-state index >= 15 is 0 Å². The molecule has 1 fully saturated rings. The zero-order valence-corrected chi connectivity index (χ0v) is 16.9. The molecule has 0 aromatic heterocycles. The van der Waals surface area contributed by atoms with Crippen molar-refractivity contribution in [1.82, 2.24) is 15.1 Å². The van der Waals surface area contributed by atoms with Crippen molar-refractivity contribution in [2.24, 2.45) is 0 Å². The van der Waals surface area contributed by atoms with E-state index in [1.54, 1.807) is 41.3 Å². The van der Waals surface area contributed by atoms with Crippen molar-refractivity contribution in [3.8, 4) is 0 Å². The number of nitrogens with one attached hydrogen (secondary N) is 2. The minimum atomic E-state index is -0.364. The van der Waals surface area contributed by atoms with E-state index in [1.165, 1.54) is 24.0 Å². The Balaban J connectivity index is 1.81. The van der Waals surface area contributed by atoms with E-state index in [2.05, 4.69) is 10.6 Å². The molecule has 30 heavy (non-hydrogen) atoms. The van der Waals surface area contributed by atoms with Crippen LogP contribution in [0.4, 0.5) is 10.1 Å². The lowest BCUT2D eigenvalue weighted by Gasteiger charge is -2.30. The van der Waals surface area contributed by atoms with Crippen molar-refractivity contribution in [2.45, 2.75) is 13.5 Å². The summed E-state index contributed by atoms with van der Waals surface area (Å²) in [5.74, 6) is -1.08. The topological polar surface area (TPSA) is 81.8 Å². The number of nitrogens with zero attached hydrogens (tertiary/aromatic N) is 2. The van der Waals surface area contributed by atoms with Gasteiger partial charge in [-0.25, -0.2) is 4.39 Å². The van der Waals surface area contributed by atoms with Crippen LogP contribution in [-0.4, -0.2) is 60.2 Å². The third kappa shape index (κ3) is 5.87. The Labute approximate surface area is 174 Å². The van der Waals surface area contributed by atoms with E-state index in [0.29, 0.717) is 24.3 Å². The molecule has 158 valence electrons. The first-order chi connectivity index (χ1) is 14.4. The highest BCUT2D eigenvalue weighted by atomic mass is 19.1. The number of rotatable bonds is 6. The van der Waals surface area contributed by atoms with Gasteiger partial charge in [-0.15, -0.1) is 0 Å². The van der Waals surface area contributed by atoms with Crippen molar-refractivity contribution in [3.63, 3.8) is 0 Å². The van der Waals surface area contributed by atoms with Crippen molar-refractivity contribution in [2.75, 3.05) is 38.0 Å². The van der Waals surface area contributed by atoms with Crippen molar-refractivity contribution in [1.29, 1.82) is 0 Å². The molecule has 8 heteroatoms. The lowest BCUT2D eigenvalue weighted by atomic mass is 10.1. The smallest absolute Gasteiger partial charge is 0.254 e. The Morgan fingerprint density at radius 3 is 2.47 bits per heavy atom. The highest BCUT2D eigenvalue weighted by Gasteiger charge is 2.24. The molecule has 0 aliphatic carbocycles. The third-order valence-electron chi connectivity index (χ3n) is 4.80. The molecule has 2 N–H and O–H groups in total. The number of piperazine rings is 1. The fourth-order valence-corrected chi connectivity index (χ4v) is 3.30. The van der Waals surface area contributed by atoms with Crippen LogP contribution in [0.15, 0.2) is 48.5 Å². The van der Waals surface area contributed by atoms with E-state index < -0.39 is 0 Å². The zero-order chi connectivity index (χ0) is 21.5. The summed E-state index contributed by atoms with van der Waals surface area (Å²) in [5.41, 5.74) is 1.58. The number of hydrogen-bond acceptors (Lipinski definition) is 4. The summed E-state index contributed by atoms with van der Waals surface area (Å²) in [6, 6.07) is 12.4. The van der Waals surface area contributed by atoms with Gasteiger partial charge in [-0.3, -0.25) is 14.4 Å². The zero-order valence-electron chi connectivity index (χ0n) is 16.9. The van der Waals surface area contributed by atoms with E-state index in [0.717, 1.165) is 18.7 Å². The molecule has 3 amide bonds. The van der Waals surface area contributed by atoms with Crippen LogP contribution >= 0.6 is 0 Å². The number of amides is 3. The molecule has 2 aromatic rings.